The molecule has 1 heterocycles. The van der Waals surface area contributed by atoms with Crippen molar-refractivity contribution in [3.05, 3.63) is 33.9 Å². The molecule has 0 aliphatic carbocycles. The Kier molecular flexibility index (Phi) is 4.29. The van der Waals surface area contributed by atoms with E-state index in [1.807, 2.05) is 11.9 Å². The smallest absolute Gasteiger partial charge is 0.269 e. The van der Waals surface area contributed by atoms with Crippen LogP contribution in [0.3, 0.4) is 0 Å². The van der Waals surface area contributed by atoms with Gasteiger partial charge in [0.2, 0.25) is 0 Å². The standard InChI is InChI=1S/C13H17N3O3S/c1-8-6-10(16(18)19)4-5-11(8)14-13-15(3)12(7-20-13)9(2)17/h4-6,9,12,17H,7H2,1-3H3/t9-,12+/m0/s1. The average molecular weight is 295 g/mol. The predicted molar refractivity (Wildman–Crippen MR) is 80.6 cm³/mol. The Hall–Kier alpha value is -1.60. The molecular weight excluding hydrogens is 278 g/mol. The fraction of sp³-hybridized carbons (Fsp3) is 0.462. The Morgan fingerprint density at radius 1 is 1.60 bits per heavy atom. The van der Waals surface area contributed by atoms with Gasteiger partial charge in [-0.2, -0.15) is 0 Å². The number of aliphatic imine (C=N–C) groups is 1. The van der Waals surface area contributed by atoms with Crippen LogP contribution in [0.1, 0.15) is 12.5 Å². The Morgan fingerprint density at radius 2 is 2.30 bits per heavy atom. The highest BCUT2D eigenvalue weighted by Crippen LogP contribution is 2.30. The fourth-order valence-corrected chi connectivity index (χ4v) is 3.39. The van der Waals surface area contributed by atoms with Crippen molar-refractivity contribution in [3.63, 3.8) is 0 Å². The number of non-ortho nitro benzene ring substituents is 1. The number of nitrogens with zero attached hydrogens (tertiary/aromatic N) is 3. The van der Waals surface area contributed by atoms with E-state index < -0.39 is 11.0 Å². The topological polar surface area (TPSA) is 79.0 Å². The first-order valence-electron chi connectivity index (χ1n) is 6.27. The molecule has 0 saturated carbocycles. The second kappa shape index (κ2) is 5.80. The third kappa shape index (κ3) is 2.94. The number of nitro benzene ring substituents is 1. The van der Waals surface area contributed by atoms with Crippen LogP contribution in [0, 0.1) is 17.0 Å². The normalized spacial score (nSPS) is 22.3. The van der Waals surface area contributed by atoms with Gasteiger partial charge in [-0.25, -0.2) is 4.99 Å². The molecule has 1 aromatic rings. The number of aryl methyl sites for hydroxylation is 1. The number of hydrogen-bond donors (Lipinski definition) is 1. The molecule has 0 spiro atoms. The van der Waals surface area contributed by atoms with Crippen molar-refractivity contribution in [1.29, 1.82) is 0 Å². The molecule has 1 aliphatic rings. The van der Waals surface area contributed by atoms with Crippen molar-refractivity contribution in [2.24, 2.45) is 4.99 Å². The van der Waals surface area contributed by atoms with Gasteiger partial charge in [0.05, 0.1) is 22.8 Å². The Balaban J connectivity index is 2.26. The molecule has 1 fully saturated rings. The molecule has 1 aromatic carbocycles. The molecule has 0 unspecified atom stereocenters. The highest BCUT2D eigenvalue weighted by molar-refractivity contribution is 8.14. The molecule has 6 nitrogen and oxygen atoms in total. The van der Waals surface area contributed by atoms with Gasteiger partial charge in [0.1, 0.15) is 0 Å². The van der Waals surface area contributed by atoms with Crippen LogP contribution in [0.2, 0.25) is 0 Å². The zero-order valence-electron chi connectivity index (χ0n) is 11.6. The summed E-state index contributed by atoms with van der Waals surface area (Å²) in [5, 5.41) is 21.2. The number of thioether (sulfide) groups is 1. The highest BCUT2D eigenvalue weighted by Gasteiger charge is 2.30. The molecule has 2 rings (SSSR count). The van der Waals surface area contributed by atoms with Crippen LogP contribution in [0.15, 0.2) is 23.2 Å². The lowest BCUT2D eigenvalue weighted by molar-refractivity contribution is -0.384. The molecule has 0 aromatic heterocycles. The first kappa shape index (κ1) is 14.8. The minimum Gasteiger partial charge on any atom is -0.391 e. The quantitative estimate of drug-likeness (QED) is 0.684. The van der Waals surface area contributed by atoms with E-state index >= 15 is 0 Å². The van der Waals surface area contributed by atoms with Gasteiger partial charge in [-0.3, -0.25) is 10.1 Å². The molecule has 0 radical (unpaired) electrons. The van der Waals surface area contributed by atoms with Gasteiger partial charge in [0.25, 0.3) is 5.69 Å². The summed E-state index contributed by atoms with van der Waals surface area (Å²) < 4.78 is 0. The summed E-state index contributed by atoms with van der Waals surface area (Å²) >= 11 is 1.58. The SMILES string of the molecule is Cc1cc([N+](=O)[O-])ccc1N=C1SC[C@H]([C@H](C)O)N1C. The van der Waals surface area contributed by atoms with E-state index in [-0.39, 0.29) is 11.7 Å². The zero-order valence-corrected chi connectivity index (χ0v) is 12.4. The van der Waals surface area contributed by atoms with Gasteiger partial charge in [0, 0.05) is 24.9 Å². The van der Waals surface area contributed by atoms with Crippen molar-refractivity contribution in [3.8, 4) is 0 Å². The van der Waals surface area contributed by atoms with E-state index in [0.29, 0.717) is 0 Å². The Bertz CT molecular complexity index is 560. The van der Waals surface area contributed by atoms with Gasteiger partial charge in [-0.05, 0) is 25.5 Å². The summed E-state index contributed by atoms with van der Waals surface area (Å²) in [5.41, 5.74) is 1.55. The molecule has 1 saturated heterocycles. The number of nitro groups is 1. The number of hydrogen-bond acceptors (Lipinski definition) is 5. The number of rotatable bonds is 3. The largest absolute Gasteiger partial charge is 0.391 e. The average Bonchev–Trinajstić information content (AvgIpc) is 2.73. The minimum absolute atomic E-state index is 0.0529. The van der Waals surface area contributed by atoms with Gasteiger partial charge in [0.15, 0.2) is 5.17 Å². The molecule has 0 bridgehead atoms. The summed E-state index contributed by atoms with van der Waals surface area (Å²) in [4.78, 5) is 16.8. The third-order valence-corrected chi connectivity index (χ3v) is 4.49. The van der Waals surface area contributed by atoms with Crippen LogP contribution in [0.5, 0.6) is 0 Å². The molecule has 1 aliphatic heterocycles. The van der Waals surface area contributed by atoms with E-state index in [2.05, 4.69) is 4.99 Å². The van der Waals surface area contributed by atoms with Crippen molar-refractivity contribution in [2.45, 2.75) is 26.0 Å². The zero-order chi connectivity index (χ0) is 14.9. The maximum Gasteiger partial charge on any atom is 0.269 e. The van der Waals surface area contributed by atoms with Crippen molar-refractivity contribution >= 4 is 28.3 Å². The van der Waals surface area contributed by atoms with E-state index in [1.54, 1.807) is 31.7 Å². The van der Waals surface area contributed by atoms with Gasteiger partial charge in [-0.1, -0.05) is 11.8 Å². The van der Waals surface area contributed by atoms with Crippen LogP contribution in [0.4, 0.5) is 11.4 Å². The van der Waals surface area contributed by atoms with Crippen LogP contribution >= 0.6 is 11.8 Å². The lowest BCUT2D eigenvalue weighted by atomic mass is 10.2. The summed E-state index contributed by atoms with van der Waals surface area (Å²) in [5.74, 6) is 0.791. The van der Waals surface area contributed by atoms with Gasteiger partial charge < -0.3 is 10.0 Å². The number of likely N-dealkylation sites (N-methyl/N-ethyl adjacent to an activating group) is 1. The molecule has 7 heteroatoms. The van der Waals surface area contributed by atoms with E-state index in [9.17, 15) is 15.2 Å². The Morgan fingerprint density at radius 3 is 2.80 bits per heavy atom. The monoisotopic (exact) mass is 295 g/mol. The van der Waals surface area contributed by atoms with Gasteiger partial charge >= 0.3 is 0 Å². The molecule has 2 atom stereocenters. The second-order valence-electron chi connectivity index (χ2n) is 4.85. The molecule has 20 heavy (non-hydrogen) atoms. The van der Waals surface area contributed by atoms with Crippen LogP contribution in [-0.2, 0) is 0 Å². The minimum atomic E-state index is -0.418. The van der Waals surface area contributed by atoms with Crippen LogP contribution < -0.4 is 0 Å². The summed E-state index contributed by atoms with van der Waals surface area (Å²) in [6.45, 7) is 3.57. The lowest BCUT2D eigenvalue weighted by Crippen LogP contribution is -2.38. The maximum absolute atomic E-state index is 10.7. The number of benzene rings is 1. The lowest BCUT2D eigenvalue weighted by Gasteiger charge is -2.23. The van der Waals surface area contributed by atoms with Crippen LogP contribution in [0.25, 0.3) is 0 Å². The van der Waals surface area contributed by atoms with Crippen molar-refractivity contribution in [2.75, 3.05) is 12.8 Å². The molecule has 1 N–H and O–H groups in total. The number of aliphatic hydroxyl groups is 1. The third-order valence-electron chi connectivity index (χ3n) is 3.35. The molecule has 0 amide bonds. The highest BCUT2D eigenvalue weighted by atomic mass is 32.2. The first-order chi connectivity index (χ1) is 9.40. The predicted octanol–water partition coefficient (Wildman–Crippen LogP) is 2.32. The van der Waals surface area contributed by atoms with E-state index in [0.717, 1.165) is 22.2 Å². The summed E-state index contributed by atoms with van der Waals surface area (Å²) in [6, 6.07) is 4.69. The molecular formula is C13H17N3O3S. The fourth-order valence-electron chi connectivity index (χ4n) is 2.07. The van der Waals surface area contributed by atoms with Gasteiger partial charge in [-0.15, -0.1) is 0 Å². The summed E-state index contributed by atoms with van der Waals surface area (Å²) in [6.07, 6.45) is -0.418. The van der Waals surface area contributed by atoms with Crippen molar-refractivity contribution in [1.82, 2.24) is 4.90 Å². The van der Waals surface area contributed by atoms with Crippen LogP contribution in [-0.4, -0.2) is 45.0 Å². The first-order valence-corrected chi connectivity index (χ1v) is 7.26. The van der Waals surface area contributed by atoms with E-state index in [4.69, 9.17) is 0 Å². The summed E-state index contributed by atoms with van der Waals surface area (Å²) in [7, 11) is 1.90. The maximum atomic E-state index is 10.7. The molecule has 108 valence electrons. The number of amidine groups is 1. The van der Waals surface area contributed by atoms with E-state index in [1.165, 1.54) is 12.1 Å². The number of aliphatic hydroxyl groups excluding tert-OH is 1. The Labute approximate surface area is 121 Å². The van der Waals surface area contributed by atoms with Crippen molar-refractivity contribution < 1.29 is 10.0 Å². The second-order valence-corrected chi connectivity index (χ2v) is 5.84.